The average molecular weight is 448 g/mol. The molecule has 2 amide bonds. The van der Waals surface area contributed by atoms with Gasteiger partial charge in [0.2, 0.25) is 5.91 Å². The molecule has 3 heterocycles. The number of carbonyl (C=O) groups is 2. The minimum absolute atomic E-state index is 0.109. The molecule has 0 radical (unpaired) electrons. The van der Waals surface area contributed by atoms with Gasteiger partial charge in [-0.2, -0.15) is 0 Å². The van der Waals surface area contributed by atoms with Crippen molar-refractivity contribution in [3.8, 4) is 0 Å². The SMILES string of the molecule is O=C(N[C@H](Cc1c[nH]c2ccccc12)C(=O)N1CCc2sccc2C1)c1ccc(F)cc1. The number of benzene rings is 2. The Morgan fingerprint density at radius 2 is 1.94 bits per heavy atom. The molecule has 1 aliphatic rings. The lowest BCUT2D eigenvalue weighted by Crippen LogP contribution is -2.50. The second-order valence-electron chi connectivity index (χ2n) is 7.98. The zero-order chi connectivity index (χ0) is 22.1. The number of amides is 2. The van der Waals surface area contributed by atoms with E-state index in [1.165, 1.54) is 34.7 Å². The summed E-state index contributed by atoms with van der Waals surface area (Å²) < 4.78 is 13.3. The van der Waals surface area contributed by atoms with Crippen LogP contribution in [0.1, 0.15) is 26.4 Å². The summed E-state index contributed by atoms with van der Waals surface area (Å²) >= 11 is 1.72. The van der Waals surface area contributed by atoms with Crippen LogP contribution in [-0.2, 0) is 24.2 Å². The van der Waals surface area contributed by atoms with E-state index >= 15 is 0 Å². The Morgan fingerprint density at radius 1 is 1.12 bits per heavy atom. The van der Waals surface area contributed by atoms with Crippen molar-refractivity contribution in [1.29, 1.82) is 0 Å². The van der Waals surface area contributed by atoms with Gasteiger partial charge in [0.05, 0.1) is 0 Å². The highest BCUT2D eigenvalue weighted by molar-refractivity contribution is 7.10. The predicted molar refractivity (Wildman–Crippen MR) is 123 cm³/mol. The van der Waals surface area contributed by atoms with Gasteiger partial charge in [-0.05, 0) is 59.3 Å². The van der Waals surface area contributed by atoms with Gasteiger partial charge in [0.25, 0.3) is 5.91 Å². The van der Waals surface area contributed by atoms with Crippen molar-refractivity contribution in [2.75, 3.05) is 6.54 Å². The first kappa shape index (κ1) is 20.5. The molecule has 32 heavy (non-hydrogen) atoms. The van der Waals surface area contributed by atoms with Gasteiger partial charge in [0.15, 0.2) is 0 Å². The summed E-state index contributed by atoms with van der Waals surface area (Å²) in [5, 5.41) is 5.99. The first-order chi connectivity index (χ1) is 15.6. The predicted octanol–water partition coefficient (Wildman–Crippen LogP) is 4.29. The van der Waals surface area contributed by atoms with Crippen LogP contribution in [0.2, 0.25) is 0 Å². The lowest BCUT2D eigenvalue weighted by molar-refractivity contribution is -0.134. The number of halogens is 1. The fourth-order valence-electron chi connectivity index (χ4n) is 4.22. The van der Waals surface area contributed by atoms with Crippen LogP contribution in [0.15, 0.2) is 66.2 Å². The van der Waals surface area contributed by atoms with Gasteiger partial charge in [-0.1, -0.05) is 18.2 Å². The smallest absolute Gasteiger partial charge is 0.251 e. The summed E-state index contributed by atoms with van der Waals surface area (Å²) in [5.74, 6) is -0.910. The number of aromatic amines is 1. The van der Waals surface area contributed by atoms with Crippen LogP contribution in [0.5, 0.6) is 0 Å². The van der Waals surface area contributed by atoms with Crippen LogP contribution in [0, 0.1) is 5.82 Å². The van der Waals surface area contributed by atoms with Crippen LogP contribution >= 0.6 is 11.3 Å². The number of H-pyrrole nitrogens is 1. The number of hydrogen-bond donors (Lipinski definition) is 2. The van der Waals surface area contributed by atoms with E-state index in [0.29, 0.717) is 25.1 Å². The number of rotatable bonds is 5. The molecule has 0 unspecified atom stereocenters. The van der Waals surface area contributed by atoms with Crippen LogP contribution in [-0.4, -0.2) is 34.3 Å². The van der Waals surface area contributed by atoms with E-state index in [2.05, 4.69) is 21.7 Å². The Balaban J connectivity index is 1.42. The number of hydrogen-bond acceptors (Lipinski definition) is 3. The van der Waals surface area contributed by atoms with Crippen molar-refractivity contribution in [1.82, 2.24) is 15.2 Å². The Hall–Kier alpha value is -3.45. The summed E-state index contributed by atoms with van der Waals surface area (Å²) in [6.45, 7) is 1.18. The summed E-state index contributed by atoms with van der Waals surface area (Å²) in [6.07, 6.45) is 3.08. The maximum absolute atomic E-state index is 13.6. The number of fused-ring (bicyclic) bond motifs is 2. The summed E-state index contributed by atoms with van der Waals surface area (Å²) in [5.41, 5.74) is 3.44. The third kappa shape index (κ3) is 4.03. The van der Waals surface area contributed by atoms with Crippen molar-refractivity contribution in [3.05, 3.63) is 93.6 Å². The molecule has 0 bridgehead atoms. The van der Waals surface area contributed by atoms with Gasteiger partial charge in [0.1, 0.15) is 11.9 Å². The van der Waals surface area contributed by atoms with E-state index in [-0.39, 0.29) is 5.91 Å². The molecule has 4 aromatic rings. The van der Waals surface area contributed by atoms with E-state index < -0.39 is 17.8 Å². The molecule has 0 spiro atoms. The second-order valence-corrected chi connectivity index (χ2v) is 8.98. The lowest BCUT2D eigenvalue weighted by atomic mass is 10.0. The zero-order valence-corrected chi connectivity index (χ0v) is 18.1. The molecule has 7 heteroatoms. The van der Waals surface area contributed by atoms with Crippen molar-refractivity contribution in [2.45, 2.75) is 25.4 Å². The summed E-state index contributed by atoms with van der Waals surface area (Å²) in [6, 6.07) is 14.6. The summed E-state index contributed by atoms with van der Waals surface area (Å²) in [7, 11) is 0. The maximum atomic E-state index is 13.6. The fourth-order valence-corrected chi connectivity index (χ4v) is 5.11. The molecule has 0 fully saturated rings. The van der Waals surface area contributed by atoms with E-state index in [4.69, 9.17) is 0 Å². The standard InChI is InChI=1S/C25H22FN3O2S/c26-19-7-5-16(6-8-19)24(30)28-22(13-18-14-27-21-4-2-1-3-20(18)21)25(31)29-11-9-23-17(15-29)10-12-32-23/h1-8,10,12,14,22,27H,9,11,13,15H2,(H,28,30)/t22-/m1/s1. The maximum Gasteiger partial charge on any atom is 0.251 e. The van der Waals surface area contributed by atoms with Gasteiger partial charge in [0, 0.05) is 47.1 Å². The monoisotopic (exact) mass is 447 g/mol. The summed E-state index contributed by atoms with van der Waals surface area (Å²) in [4.78, 5) is 32.8. The molecule has 2 N–H and O–H groups in total. The first-order valence-electron chi connectivity index (χ1n) is 10.5. The van der Waals surface area contributed by atoms with Crippen molar-refractivity contribution in [2.24, 2.45) is 0 Å². The number of nitrogens with one attached hydrogen (secondary N) is 2. The molecule has 2 aromatic carbocycles. The molecule has 1 atom stereocenters. The van der Waals surface area contributed by atoms with Crippen LogP contribution in [0.4, 0.5) is 4.39 Å². The fraction of sp³-hybridized carbons (Fsp3) is 0.200. The van der Waals surface area contributed by atoms with Gasteiger partial charge < -0.3 is 15.2 Å². The first-order valence-corrected chi connectivity index (χ1v) is 11.4. The highest BCUT2D eigenvalue weighted by Crippen LogP contribution is 2.25. The molecule has 0 saturated heterocycles. The normalized spacial score (nSPS) is 14.2. The Bertz CT molecular complexity index is 1280. The average Bonchev–Trinajstić information content (AvgIpc) is 3.45. The van der Waals surface area contributed by atoms with Gasteiger partial charge in [-0.25, -0.2) is 4.39 Å². The van der Waals surface area contributed by atoms with Gasteiger partial charge in [-0.3, -0.25) is 9.59 Å². The third-order valence-corrected chi connectivity index (χ3v) is 6.95. The molecular weight excluding hydrogens is 425 g/mol. The highest BCUT2D eigenvalue weighted by atomic mass is 32.1. The molecule has 5 nitrogen and oxygen atoms in total. The van der Waals surface area contributed by atoms with Crippen LogP contribution < -0.4 is 5.32 Å². The topological polar surface area (TPSA) is 65.2 Å². The Morgan fingerprint density at radius 3 is 2.78 bits per heavy atom. The number of para-hydroxylation sites is 1. The Kier molecular flexibility index (Phi) is 5.49. The quantitative estimate of drug-likeness (QED) is 0.479. The zero-order valence-electron chi connectivity index (χ0n) is 17.3. The largest absolute Gasteiger partial charge is 0.361 e. The van der Waals surface area contributed by atoms with E-state index in [9.17, 15) is 14.0 Å². The number of thiophene rings is 1. The highest BCUT2D eigenvalue weighted by Gasteiger charge is 2.30. The van der Waals surface area contributed by atoms with E-state index in [1.807, 2.05) is 35.4 Å². The third-order valence-electron chi connectivity index (χ3n) is 5.93. The molecule has 0 saturated carbocycles. The lowest BCUT2D eigenvalue weighted by Gasteiger charge is -2.31. The van der Waals surface area contributed by atoms with E-state index in [0.717, 1.165) is 22.9 Å². The van der Waals surface area contributed by atoms with Crippen molar-refractivity contribution < 1.29 is 14.0 Å². The minimum Gasteiger partial charge on any atom is -0.361 e. The molecule has 2 aromatic heterocycles. The van der Waals surface area contributed by atoms with Crippen LogP contribution in [0.25, 0.3) is 10.9 Å². The molecular formula is C25H22FN3O2S. The van der Waals surface area contributed by atoms with Gasteiger partial charge >= 0.3 is 0 Å². The molecule has 0 aliphatic carbocycles. The molecule has 5 rings (SSSR count). The van der Waals surface area contributed by atoms with Crippen molar-refractivity contribution >= 4 is 34.1 Å². The second kappa shape index (κ2) is 8.59. The van der Waals surface area contributed by atoms with Gasteiger partial charge in [-0.15, -0.1) is 11.3 Å². The number of nitrogens with zero attached hydrogens (tertiary/aromatic N) is 1. The molecule has 162 valence electrons. The minimum atomic E-state index is -0.730. The Labute approximate surface area is 188 Å². The van der Waals surface area contributed by atoms with Crippen molar-refractivity contribution in [3.63, 3.8) is 0 Å². The van der Waals surface area contributed by atoms with Crippen LogP contribution in [0.3, 0.4) is 0 Å². The molecule has 1 aliphatic heterocycles. The van der Waals surface area contributed by atoms with E-state index in [1.54, 1.807) is 11.3 Å². The number of carbonyl (C=O) groups excluding carboxylic acids is 2. The number of aromatic nitrogens is 1.